The van der Waals surface area contributed by atoms with Gasteiger partial charge in [-0.05, 0) is 36.8 Å². The highest BCUT2D eigenvalue weighted by atomic mass is 79.9. The van der Waals surface area contributed by atoms with E-state index < -0.39 is 0 Å². The van der Waals surface area contributed by atoms with Gasteiger partial charge in [0.1, 0.15) is 0 Å². The number of hydrogen-bond acceptors (Lipinski definition) is 5. The van der Waals surface area contributed by atoms with E-state index in [0.29, 0.717) is 0 Å². The van der Waals surface area contributed by atoms with E-state index in [9.17, 15) is 4.79 Å². The number of nitrogens with one attached hydrogen (secondary N) is 1. The number of amides is 1. The first-order valence-electron chi connectivity index (χ1n) is 9.23. The van der Waals surface area contributed by atoms with Crippen molar-refractivity contribution in [2.45, 2.75) is 25.0 Å². The topological polar surface area (TPSA) is 59.8 Å². The number of aromatic nitrogens is 3. The molecule has 1 amide bonds. The predicted molar refractivity (Wildman–Crippen MR) is 125 cm³/mol. The van der Waals surface area contributed by atoms with Crippen molar-refractivity contribution in [3.63, 3.8) is 0 Å². The van der Waals surface area contributed by atoms with Crippen LogP contribution in [0.4, 0.5) is 5.69 Å². The summed E-state index contributed by atoms with van der Waals surface area (Å²) in [7, 11) is 0. The van der Waals surface area contributed by atoms with Gasteiger partial charge in [-0.2, -0.15) is 0 Å². The number of rotatable bonds is 7. The number of benzene rings is 2. The molecule has 4 rings (SSSR count). The number of fused-ring (bicyclic) bond motifs is 1. The van der Waals surface area contributed by atoms with E-state index in [1.165, 1.54) is 21.8 Å². The van der Waals surface area contributed by atoms with Crippen LogP contribution in [0.2, 0.25) is 0 Å². The van der Waals surface area contributed by atoms with Gasteiger partial charge in [-0.1, -0.05) is 52.8 Å². The minimum atomic E-state index is -0.0640. The maximum absolute atomic E-state index is 12.4. The third kappa shape index (κ3) is 4.55. The molecule has 0 aliphatic rings. The zero-order valence-corrected chi connectivity index (χ0v) is 19.0. The van der Waals surface area contributed by atoms with Gasteiger partial charge >= 0.3 is 0 Å². The molecule has 0 aliphatic carbocycles. The number of carbonyl (C=O) groups is 1. The van der Waals surface area contributed by atoms with Crippen molar-refractivity contribution < 1.29 is 4.79 Å². The first kappa shape index (κ1) is 20.1. The Morgan fingerprint density at radius 1 is 1.17 bits per heavy atom. The van der Waals surface area contributed by atoms with E-state index in [-0.39, 0.29) is 11.7 Å². The lowest BCUT2D eigenvalue weighted by atomic mass is 10.1. The summed E-state index contributed by atoms with van der Waals surface area (Å²) >= 11 is 6.52. The van der Waals surface area contributed by atoms with E-state index in [2.05, 4.69) is 60.4 Å². The molecule has 0 radical (unpaired) electrons. The second-order valence-electron chi connectivity index (χ2n) is 6.45. The summed E-state index contributed by atoms with van der Waals surface area (Å²) in [6.45, 7) is 2.94. The van der Waals surface area contributed by atoms with Gasteiger partial charge in [-0.25, -0.2) is 0 Å². The van der Waals surface area contributed by atoms with Gasteiger partial charge in [0, 0.05) is 37.7 Å². The number of thiophene rings is 1. The number of nitrogens with zero attached hydrogens (tertiary/aromatic N) is 3. The van der Waals surface area contributed by atoms with Crippen LogP contribution in [0.25, 0.3) is 21.5 Å². The minimum Gasteiger partial charge on any atom is -0.325 e. The molecule has 4 aromatic rings. The van der Waals surface area contributed by atoms with Gasteiger partial charge in [-0.15, -0.1) is 21.5 Å². The Bertz CT molecular complexity index is 1140. The fourth-order valence-corrected chi connectivity index (χ4v) is 5.00. The van der Waals surface area contributed by atoms with Crippen molar-refractivity contribution in [2.75, 3.05) is 11.1 Å². The van der Waals surface area contributed by atoms with Crippen molar-refractivity contribution in [3.8, 4) is 11.4 Å². The highest BCUT2D eigenvalue weighted by Crippen LogP contribution is 2.34. The Hall–Kier alpha value is -2.16. The molecule has 0 fully saturated rings. The van der Waals surface area contributed by atoms with Crippen molar-refractivity contribution in [2.24, 2.45) is 0 Å². The molecular weight excluding hydrogens is 468 g/mol. The number of anilines is 1. The van der Waals surface area contributed by atoms with Crippen molar-refractivity contribution >= 4 is 60.7 Å². The highest BCUT2D eigenvalue weighted by Gasteiger charge is 2.18. The van der Waals surface area contributed by atoms with Crippen LogP contribution < -0.4 is 5.32 Å². The van der Waals surface area contributed by atoms with E-state index in [4.69, 9.17) is 0 Å². The molecular formula is C21H19BrN4OS2. The van der Waals surface area contributed by atoms with Crippen LogP contribution in [-0.4, -0.2) is 26.4 Å². The van der Waals surface area contributed by atoms with Crippen LogP contribution in [0.15, 0.2) is 63.5 Å². The standard InChI is InChI=1S/C21H19BrN4OS2/c1-2-11-26-20(17-12-28-18-6-4-3-5-16(17)18)24-25-21(26)29-13-19(27)23-15-9-7-14(22)8-10-15/h3-10,12H,2,11,13H2,1H3,(H,23,27). The van der Waals surface area contributed by atoms with Crippen molar-refractivity contribution in [3.05, 3.63) is 58.4 Å². The average molecular weight is 487 g/mol. The molecule has 5 nitrogen and oxygen atoms in total. The summed E-state index contributed by atoms with van der Waals surface area (Å²) in [4.78, 5) is 12.4. The summed E-state index contributed by atoms with van der Waals surface area (Å²) in [5, 5.41) is 15.8. The third-order valence-electron chi connectivity index (χ3n) is 4.35. The van der Waals surface area contributed by atoms with Gasteiger partial charge in [0.25, 0.3) is 0 Å². The molecule has 29 heavy (non-hydrogen) atoms. The predicted octanol–water partition coefficient (Wildman–Crippen LogP) is 6.06. The molecule has 2 aromatic heterocycles. The van der Waals surface area contributed by atoms with E-state index in [1.807, 2.05) is 36.4 Å². The van der Waals surface area contributed by atoms with Crippen LogP contribution in [-0.2, 0) is 11.3 Å². The monoisotopic (exact) mass is 486 g/mol. The van der Waals surface area contributed by atoms with Crippen LogP contribution in [0.1, 0.15) is 13.3 Å². The normalized spacial score (nSPS) is 11.1. The van der Waals surface area contributed by atoms with Crippen LogP contribution in [0.5, 0.6) is 0 Å². The van der Waals surface area contributed by atoms with E-state index >= 15 is 0 Å². The van der Waals surface area contributed by atoms with Crippen LogP contribution in [0.3, 0.4) is 0 Å². The number of halogens is 1. The Balaban J connectivity index is 1.52. The first-order chi connectivity index (χ1) is 14.2. The summed E-state index contributed by atoms with van der Waals surface area (Å²) in [6, 6.07) is 15.9. The SMILES string of the molecule is CCCn1c(SCC(=O)Nc2ccc(Br)cc2)nnc1-c1csc2ccccc12. The van der Waals surface area contributed by atoms with E-state index in [1.54, 1.807) is 11.3 Å². The summed E-state index contributed by atoms with van der Waals surface area (Å²) < 4.78 is 4.33. The fourth-order valence-electron chi connectivity index (χ4n) is 3.03. The largest absolute Gasteiger partial charge is 0.325 e. The zero-order chi connectivity index (χ0) is 20.2. The fraction of sp³-hybridized carbons (Fsp3) is 0.190. The smallest absolute Gasteiger partial charge is 0.234 e. The molecule has 8 heteroatoms. The minimum absolute atomic E-state index is 0.0640. The highest BCUT2D eigenvalue weighted by molar-refractivity contribution is 9.10. The van der Waals surface area contributed by atoms with Gasteiger partial charge < -0.3 is 9.88 Å². The zero-order valence-electron chi connectivity index (χ0n) is 15.8. The Morgan fingerprint density at radius 2 is 1.97 bits per heavy atom. The molecule has 0 saturated carbocycles. The maximum atomic E-state index is 12.4. The summed E-state index contributed by atoms with van der Waals surface area (Å²) in [5.74, 6) is 1.08. The van der Waals surface area contributed by atoms with Gasteiger partial charge in [-0.3, -0.25) is 4.79 Å². The molecule has 0 aliphatic heterocycles. The molecule has 0 unspecified atom stereocenters. The van der Waals surface area contributed by atoms with E-state index in [0.717, 1.165) is 39.7 Å². The third-order valence-corrected chi connectivity index (χ3v) is 6.81. The quantitative estimate of drug-likeness (QED) is 0.322. The molecule has 148 valence electrons. The summed E-state index contributed by atoms with van der Waals surface area (Å²) in [5.41, 5.74) is 1.87. The van der Waals surface area contributed by atoms with Crippen LogP contribution >= 0.6 is 39.0 Å². The Morgan fingerprint density at radius 3 is 2.76 bits per heavy atom. The molecule has 0 spiro atoms. The maximum Gasteiger partial charge on any atom is 0.234 e. The number of thioether (sulfide) groups is 1. The summed E-state index contributed by atoms with van der Waals surface area (Å²) in [6.07, 6.45) is 0.964. The molecule has 0 saturated heterocycles. The van der Waals surface area contributed by atoms with Gasteiger partial charge in [0.2, 0.25) is 5.91 Å². The lowest BCUT2D eigenvalue weighted by Gasteiger charge is -2.09. The molecule has 0 bridgehead atoms. The van der Waals surface area contributed by atoms with Gasteiger partial charge in [0.05, 0.1) is 5.75 Å². The molecule has 0 atom stereocenters. The second kappa shape index (κ2) is 9.11. The second-order valence-corrected chi connectivity index (χ2v) is 9.22. The molecule has 2 heterocycles. The number of carbonyl (C=O) groups excluding carboxylic acids is 1. The Labute approximate surface area is 185 Å². The molecule has 2 aromatic carbocycles. The van der Waals surface area contributed by atoms with Crippen molar-refractivity contribution in [1.82, 2.24) is 14.8 Å². The molecule has 1 N–H and O–H groups in total. The number of hydrogen-bond donors (Lipinski definition) is 1. The van der Waals surface area contributed by atoms with Crippen molar-refractivity contribution in [1.29, 1.82) is 0 Å². The average Bonchev–Trinajstić information content (AvgIpc) is 3.32. The lowest BCUT2D eigenvalue weighted by Crippen LogP contribution is -2.14. The first-order valence-corrected chi connectivity index (χ1v) is 11.9. The van der Waals surface area contributed by atoms with Crippen LogP contribution in [0, 0.1) is 0 Å². The van der Waals surface area contributed by atoms with Gasteiger partial charge in [0.15, 0.2) is 11.0 Å². The lowest BCUT2D eigenvalue weighted by molar-refractivity contribution is -0.113. The Kier molecular flexibility index (Phi) is 6.32.